The number of halogens is 1. The van der Waals surface area contributed by atoms with Crippen LogP contribution in [0, 0.1) is 5.92 Å². The van der Waals surface area contributed by atoms with Gasteiger partial charge in [-0.05, 0) is 19.4 Å². The van der Waals surface area contributed by atoms with Gasteiger partial charge in [-0.1, -0.05) is 0 Å². The van der Waals surface area contributed by atoms with Crippen molar-refractivity contribution in [2.45, 2.75) is 12.8 Å². The number of carbonyl (C=O) groups excluding carboxylic acids is 2. The molecule has 2 heterocycles. The predicted molar refractivity (Wildman–Crippen MR) is 62.4 cm³/mol. The van der Waals surface area contributed by atoms with Crippen LogP contribution >= 0.6 is 12.4 Å². The van der Waals surface area contributed by atoms with Crippen molar-refractivity contribution in [2.24, 2.45) is 5.92 Å². The predicted octanol–water partition coefficient (Wildman–Crippen LogP) is -0.634. The summed E-state index contributed by atoms with van der Waals surface area (Å²) in [5.41, 5.74) is 0. The average molecular weight is 248 g/mol. The maximum Gasteiger partial charge on any atom is 0.239 e. The Bertz CT molecular complexity index is 267. The van der Waals surface area contributed by atoms with Crippen LogP contribution in [0.4, 0.5) is 0 Å². The number of carbonyl (C=O) groups is 2. The van der Waals surface area contributed by atoms with Gasteiger partial charge >= 0.3 is 0 Å². The smallest absolute Gasteiger partial charge is 0.239 e. The van der Waals surface area contributed by atoms with Gasteiger partial charge < -0.3 is 15.5 Å². The van der Waals surface area contributed by atoms with Crippen molar-refractivity contribution in [1.82, 2.24) is 15.5 Å². The van der Waals surface area contributed by atoms with E-state index in [1.165, 1.54) is 0 Å². The quantitative estimate of drug-likeness (QED) is 0.649. The molecule has 0 radical (unpaired) electrons. The lowest BCUT2D eigenvalue weighted by Gasteiger charge is -2.31. The fourth-order valence-electron chi connectivity index (χ4n) is 2.15. The molecule has 2 saturated heterocycles. The molecular formula is C10H18ClN3O2. The van der Waals surface area contributed by atoms with Crippen LogP contribution in [0.3, 0.4) is 0 Å². The second kappa shape index (κ2) is 6.06. The Balaban J connectivity index is 0.00000128. The topological polar surface area (TPSA) is 61.4 Å². The minimum Gasteiger partial charge on any atom is -0.353 e. The molecule has 0 aromatic heterocycles. The molecule has 2 fully saturated rings. The lowest BCUT2D eigenvalue weighted by molar-refractivity contribution is -0.141. The van der Waals surface area contributed by atoms with E-state index in [0.717, 1.165) is 25.9 Å². The van der Waals surface area contributed by atoms with E-state index in [0.29, 0.717) is 13.1 Å². The second-order valence-electron chi connectivity index (χ2n) is 4.15. The number of piperazine rings is 1. The SMILES string of the molecule is Cl.O=C1CN(C(=O)[C@@H]2CCCNC2)CCN1. The third kappa shape index (κ3) is 3.09. The van der Waals surface area contributed by atoms with Gasteiger partial charge in [-0.15, -0.1) is 12.4 Å². The fourth-order valence-corrected chi connectivity index (χ4v) is 2.15. The molecule has 5 nitrogen and oxygen atoms in total. The van der Waals surface area contributed by atoms with E-state index in [-0.39, 0.29) is 36.7 Å². The molecule has 0 bridgehead atoms. The zero-order chi connectivity index (χ0) is 10.7. The van der Waals surface area contributed by atoms with Gasteiger partial charge in [0.1, 0.15) is 0 Å². The first-order chi connectivity index (χ1) is 7.27. The molecule has 0 unspecified atom stereocenters. The van der Waals surface area contributed by atoms with Gasteiger partial charge in [-0.2, -0.15) is 0 Å². The van der Waals surface area contributed by atoms with Crippen LogP contribution < -0.4 is 10.6 Å². The third-order valence-corrected chi connectivity index (χ3v) is 3.00. The monoisotopic (exact) mass is 247 g/mol. The number of piperidine rings is 1. The first kappa shape index (κ1) is 13.3. The summed E-state index contributed by atoms with van der Waals surface area (Å²) in [4.78, 5) is 24.8. The number of hydrogen-bond donors (Lipinski definition) is 2. The summed E-state index contributed by atoms with van der Waals surface area (Å²) in [7, 11) is 0. The van der Waals surface area contributed by atoms with Crippen LogP contribution in [-0.2, 0) is 9.59 Å². The molecule has 0 saturated carbocycles. The highest BCUT2D eigenvalue weighted by Crippen LogP contribution is 2.13. The van der Waals surface area contributed by atoms with Crippen LogP contribution in [0.15, 0.2) is 0 Å². The molecule has 2 rings (SSSR count). The van der Waals surface area contributed by atoms with Gasteiger partial charge in [0, 0.05) is 19.6 Å². The summed E-state index contributed by atoms with van der Waals surface area (Å²) in [5, 5.41) is 5.94. The number of hydrogen-bond acceptors (Lipinski definition) is 3. The van der Waals surface area contributed by atoms with Crippen molar-refractivity contribution in [3.63, 3.8) is 0 Å². The van der Waals surface area contributed by atoms with Crippen molar-refractivity contribution in [3.8, 4) is 0 Å². The molecule has 16 heavy (non-hydrogen) atoms. The first-order valence-corrected chi connectivity index (χ1v) is 5.53. The van der Waals surface area contributed by atoms with Gasteiger partial charge in [0.2, 0.25) is 11.8 Å². The van der Waals surface area contributed by atoms with Crippen molar-refractivity contribution in [3.05, 3.63) is 0 Å². The molecule has 0 aliphatic carbocycles. The van der Waals surface area contributed by atoms with Gasteiger partial charge in [-0.25, -0.2) is 0 Å². The maximum absolute atomic E-state index is 12.0. The van der Waals surface area contributed by atoms with E-state index in [2.05, 4.69) is 10.6 Å². The van der Waals surface area contributed by atoms with Crippen LogP contribution in [-0.4, -0.2) is 49.4 Å². The van der Waals surface area contributed by atoms with Crippen LogP contribution in [0.5, 0.6) is 0 Å². The van der Waals surface area contributed by atoms with E-state index < -0.39 is 0 Å². The Morgan fingerprint density at radius 2 is 2.19 bits per heavy atom. The Morgan fingerprint density at radius 3 is 2.81 bits per heavy atom. The lowest BCUT2D eigenvalue weighted by Crippen LogP contribution is -2.53. The van der Waals surface area contributed by atoms with E-state index in [1.54, 1.807) is 4.90 Å². The van der Waals surface area contributed by atoms with E-state index in [9.17, 15) is 9.59 Å². The lowest BCUT2D eigenvalue weighted by atomic mass is 9.98. The van der Waals surface area contributed by atoms with E-state index in [4.69, 9.17) is 0 Å². The van der Waals surface area contributed by atoms with Gasteiger partial charge in [0.25, 0.3) is 0 Å². The highest BCUT2D eigenvalue weighted by atomic mass is 35.5. The summed E-state index contributed by atoms with van der Waals surface area (Å²) in [6.45, 7) is 3.24. The number of nitrogens with zero attached hydrogens (tertiary/aromatic N) is 1. The van der Waals surface area contributed by atoms with E-state index >= 15 is 0 Å². The summed E-state index contributed by atoms with van der Waals surface area (Å²) in [5.74, 6) is 0.167. The molecule has 92 valence electrons. The first-order valence-electron chi connectivity index (χ1n) is 5.53. The molecular weight excluding hydrogens is 230 g/mol. The van der Waals surface area contributed by atoms with Gasteiger partial charge in [0.05, 0.1) is 12.5 Å². The van der Waals surface area contributed by atoms with Gasteiger partial charge in [-0.3, -0.25) is 9.59 Å². The number of amides is 2. The zero-order valence-corrected chi connectivity index (χ0v) is 10.0. The molecule has 0 aromatic carbocycles. The minimum atomic E-state index is -0.0432. The maximum atomic E-state index is 12.0. The van der Waals surface area contributed by atoms with E-state index in [1.807, 2.05) is 0 Å². The molecule has 6 heteroatoms. The van der Waals surface area contributed by atoms with Gasteiger partial charge in [0.15, 0.2) is 0 Å². The minimum absolute atomic E-state index is 0. The zero-order valence-electron chi connectivity index (χ0n) is 9.20. The fraction of sp³-hybridized carbons (Fsp3) is 0.800. The summed E-state index contributed by atoms with van der Waals surface area (Å²) in [6, 6.07) is 0. The molecule has 0 aromatic rings. The van der Waals surface area contributed by atoms with Crippen LogP contribution in [0.2, 0.25) is 0 Å². The third-order valence-electron chi connectivity index (χ3n) is 3.00. The standard InChI is InChI=1S/C10H17N3O2.ClH/c14-9-7-13(5-4-12-9)10(15)8-2-1-3-11-6-8;/h8,11H,1-7H2,(H,12,14);1H/t8-;/m1./s1. The van der Waals surface area contributed by atoms with Crippen molar-refractivity contribution >= 4 is 24.2 Å². The largest absolute Gasteiger partial charge is 0.353 e. The summed E-state index contributed by atoms with van der Waals surface area (Å²) in [6.07, 6.45) is 2.00. The highest BCUT2D eigenvalue weighted by molar-refractivity contribution is 5.87. The molecule has 0 spiro atoms. The van der Waals surface area contributed by atoms with Crippen LogP contribution in [0.25, 0.3) is 0 Å². The van der Waals surface area contributed by atoms with Crippen molar-refractivity contribution < 1.29 is 9.59 Å². The molecule has 2 N–H and O–H groups in total. The number of nitrogens with one attached hydrogen (secondary N) is 2. The van der Waals surface area contributed by atoms with Crippen molar-refractivity contribution in [1.29, 1.82) is 0 Å². The number of rotatable bonds is 1. The summed E-state index contributed by atoms with van der Waals surface area (Å²) >= 11 is 0. The Labute approximate surface area is 101 Å². The molecule has 2 amide bonds. The highest BCUT2D eigenvalue weighted by Gasteiger charge is 2.28. The molecule has 1 atom stereocenters. The summed E-state index contributed by atoms with van der Waals surface area (Å²) < 4.78 is 0. The van der Waals surface area contributed by atoms with Crippen molar-refractivity contribution in [2.75, 3.05) is 32.7 Å². The Morgan fingerprint density at radius 1 is 1.38 bits per heavy atom. The molecule has 2 aliphatic rings. The van der Waals surface area contributed by atoms with Crippen LogP contribution in [0.1, 0.15) is 12.8 Å². The average Bonchev–Trinajstić information content (AvgIpc) is 2.29. The normalized spacial score (nSPS) is 25.6. The molecule has 2 aliphatic heterocycles. The Hall–Kier alpha value is -0.810. The Kier molecular flexibility index (Phi) is 5.02. The second-order valence-corrected chi connectivity index (χ2v) is 4.15.